The Bertz CT molecular complexity index is 1370. The zero-order chi connectivity index (χ0) is 22.8. The Balaban J connectivity index is 1.50. The number of benzene rings is 3. The highest BCUT2D eigenvalue weighted by atomic mass is 35.5. The predicted molar refractivity (Wildman–Crippen MR) is 125 cm³/mol. The summed E-state index contributed by atoms with van der Waals surface area (Å²) in [4.78, 5) is 23.4. The van der Waals surface area contributed by atoms with Crippen molar-refractivity contribution in [2.45, 2.75) is 13.2 Å². The number of carboxylic acids is 1. The van der Waals surface area contributed by atoms with E-state index < -0.39 is 5.97 Å². The maximum atomic E-state index is 12.1. The van der Waals surface area contributed by atoms with Crippen LogP contribution in [-0.4, -0.2) is 20.2 Å². The molecular weight excluding hydrogens is 430 g/mol. The van der Waals surface area contributed by atoms with Crippen LogP contribution < -0.4 is 15.7 Å². The highest BCUT2D eigenvalue weighted by molar-refractivity contribution is 6.33. The van der Waals surface area contributed by atoms with E-state index in [1.165, 1.54) is 12.1 Å². The number of fused-ring (bicyclic) bond motifs is 1. The van der Waals surface area contributed by atoms with Crippen LogP contribution >= 0.6 is 11.6 Å². The Morgan fingerprint density at radius 2 is 1.78 bits per heavy atom. The Morgan fingerprint density at radius 1 is 1.03 bits per heavy atom. The van der Waals surface area contributed by atoms with E-state index in [0.717, 1.165) is 22.2 Å². The number of anilines is 1. The molecule has 7 nitrogen and oxygen atoms in total. The van der Waals surface area contributed by atoms with Gasteiger partial charge in [0, 0.05) is 26.2 Å². The molecule has 0 saturated heterocycles. The first-order chi connectivity index (χ1) is 15.3. The molecule has 1 heterocycles. The zero-order valence-electron chi connectivity index (χ0n) is 17.6. The minimum Gasteiger partial charge on any atom is -0.489 e. The maximum absolute atomic E-state index is 12.1. The summed E-state index contributed by atoms with van der Waals surface area (Å²) in [6.45, 7) is 0.747. The topological polar surface area (TPSA) is 85.5 Å². The van der Waals surface area contributed by atoms with E-state index in [1.807, 2.05) is 42.5 Å². The molecule has 0 bridgehead atoms. The first-order valence-electron chi connectivity index (χ1n) is 9.97. The van der Waals surface area contributed by atoms with Crippen LogP contribution in [0.1, 0.15) is 21.5 Å². The molecule has 0 atom stereocenters. The third-order valence-corrected chi connectivity index (χ3v) is 5.72. The molecule has 4 rings (SSSR count). The van der Waals surface area contributed by atoms with Crippen molar-refractivity contribution in [1.29, 1.82) is 0 Å². The summed E-state index contributed by atoms with van der Waals surface area (Å²) in [5.74, 6) is -0.311. The molecule has 3 aromatic carbocycles. The number of rotatable bonds is 7. The molecule has 0 aliphatic rings. The highest BCUT2D eigenvalue weighted by Gasteiger charge is 2.11. The number of aromatic carboxylic acids is 1. The van der Waals surface area contributed by atoms with Gasteiger partial charge in [0.1, 0.15) is 12.4 Å². The average Bonchev–Trinajstić information content (AvgIpc) is 3.01. The van der Waals surface area contributed by atoms with Gasteiger partial charge in [0.25, 0.3) is 0 Å². The number of hydrogen-bond acceptors (Lipinski definition) is 4. The van der Waals surface area contributed by atoms with Crippen molar-refractivity contribution in [3.05, 3.63) is 92.9 Å². The fourth-order valence-corrected chi connectivity index (χ4v) is 3.76. The molecule has 0 amide bonds. The molecule has 164 valence electrons. The number of carbonyl (C=O) groups is 1. The molecule has 0 unspecified atom stereocenters. The second kappa shape index (κ2) is 8.80. The van der Waals surface area contributed by atoms with Crippen LogP contribution in [0.4, 0.5) is 5.69 Å². The van der Waals surface area contributed by atoms with Crippen molar-refractivity contribution >= 4 is 34.3 Å². The van der Waals surface area contributed by atoms with Gasteiger partial charge in [0.2, 0.25) is 0 Å². The summed E-state index contributed by atoms with van der Waals surface area (Å²) < 4.78 is 9.30. The standard InChI is InChI=1S/C24H22ClN3O4/c1-27-20-10-7-15(11-21(20)28(2)24(27)31)14-32-22-6-4-3-5-17(22)13-26-19-12-16(23(29)30)8-9-18(19)25/h3-12,26H,13-14H2,1-2H3,(H,29,30). The third-order valence-electron chi connectivity index (χ3n) is 5.39. The van der Waals surface area contributed by atoms with E-state index in [1.54, 1.807) is 29.3 Å². The van der Waals surface area contributed by atoms with E-state index in [2.05, 4.69) is 5.32 Å². The number of halogens is 1. The predicted octanol–water partition coefficient (Wildman–Crippen LogP) is 4.42. The first kappa shape index (κ1) is 21.5. The Labute approximate surface area is 189 Å². The van der Waals surface area contributed by atoms with Crippen LogP contribution in [0.2, 0.25) is 5.02 Å². The van der Waals surface area contributed by atoms with E-state index in [4.69, 9.17) is 16.3 Å². The number of aryl methyl sites for hydroxylation is 2. The number of hydrogen-bond donors (Lipinski definition) is 2. The van der Waals surface area contributed by atoms with E-state index in [-0.39, 0.29) is 11.3 Å². The van der Waals surface area contributed by atoms with Crippen LogP contribution in [0.15, 0.2) is 65.5 Å². The first-order valence-corrected chi connectivity index (χ1v) is 10.3. The van der Waals surface area contributed by atoms with Gasteiger partial charge in [0.05, 0.1) is 27.3 Å². The molecule has 2 N–H and O–H groups in total. The Hall–Kier alpha value is -3.71. The molecule has 0 saturated carbocycles. The maximum Gasteiger partial charge on any atom is 0.335 e. The lowest BCUT2D eigenvalue weighted by molar-refractivity contribution is 0.0697. The SMILES string of the molecule is Cn1c(=O)n(C)c2cc(COc3ccccc3CNc3cc(C(=O)O)ccc3Cl)ccc21. The van der Waals surface area contributed by atoms with Crippen LogP contribution in [0.5, 0.6) is 5.75 Å². The fourth-order valence-electron chi connectivity index (χ4n) is 3.58. The van der Waals surface area contributed by atoms with Crippen molar-refractivity contribution in [2.24, 2.45) is 14.1 Å². The monoisotopic (exact) mass is 451 g/mol. The normalized spacial score (nSPS) is 11.0. The van der Waals surface area contributed by atoms with Crippen LogP contribution in [0.25, 0.3) is 11.0 Å². The second-order valence-corrected chi connectivity index (χ2v) is 7.88. The minimum absolute atomic E-state index is 0.0693. The van der Waals surface area contributed by atoms with Gasteiger partial charge in [-0.2, -0.15) is 0 Å². The molecule has 0 fully saturated rings. The smallest absolute Gasteiger partial charge is 0.335 e. The van der Waals surface area contributed by atoms with Gasteiger partial charge < -0.3 is 15.2 Å². The van der Waals surface area contributed by atoms with Crippen molar-refractivity contribution in [3.8, 4) is 5.75 Å². The minimum atomic E-state index is -1.01. The summed E-state index contributed by atoms with van der Waals surface area (Å²) in [5.41, 5.74) is 4.19. The average molecular weight is 452 g/mol. The Kier molecular flexibility index (Phi) is 5.92. The lowest BCUT2D eigenvalue weighted by Crippen LogP contribution is -2.19. The third kappa shape index (κ3) is 4.20. The molecule has 0 aliphatic heterocycles. The van der Waals surface area contributed by atoms with Gasteiger partial charge in [-0.3, -0.25) is 9.13 Å². The van der Waals surface area contributed by atoms with E-state index >= 15 is 0 Å². The number of carboxylic acid groups (broad SMARTS) is 1. The largest absolute Gasteiger partial charge is 0.489 e. The molecule has 8 heteroatoms. The summed E-state index contributed by atoms with van der Waals surface area (Å²) >= 11 is 6.21. The fraction of sp³-hybridized carbons (Fsp3) is 0.167. The van der Waals surface area contributed by atoms with Gasteiger partial charge in [0.15, 0.2) is 0 Å². The van der Waals surface area contributed by atoms with Gasteiger partial charge in [-0.25, -0.2) is 9.59 Å². The molecule has 0 aliphatic carbocycles. The van der Waals surface area contributed by atoms with Crippen molar-refractivity contribution in [1.82, 2.24) is 9.13 Å². The molecular formula is C24H22ClN3O4. The lowest BCUT2D eigenvalue weighted by atomic mass is 10.1. The highest BCUT2D eigenvalue weighted by Crippen LogP contribution is 2.26. The number of imidazole rings is 1. The van der Waals surface area contributed by atoms with E-state index in [0.29, 0.717) is 29.6 Å². The quantitative estimate of drug-likeness (QED) is 0.434. The number of nitrogens with zero attached hydrogens (tertiary/aromatic N) is 2. The molecule has 0 radical (unpaired) electrons. The lowest BCUT2D eigenvalue weighted by Gasteiger charge is -2.14. The van der Waals surface area contributed by atoms with Gasteiger partial charge in [-0.15, -0.1) is 0 Å². The molecule has 32 heavy (non-hydrogen) atoms. The zero-order valence-corrected chi connectivity index (χ0v) is 18.4. The summed E-state index contributed by atoms with van der Waals surface area (Å²) in [5, 5.41) is 12.8. The van der Waals surface area contributed by atoms with Crippen LogP contribution in [-0.2, 0) is 27.2 Å². The number of aromatic nitrogens is 2. The summed E-state index contributed by atoms with van der Waals surface area (Å²) in [7, 11) is 3.50. The van der Waals surface area contributed by atoms with Gasteiger partial charge in [-0.05, 0) is 42.0 Å². The van der Waals surface area contributed by atoms with Crippen LogP contribution in [0, 0.1) is 0 Å². The van der Waals surface area contributed by atoms with Crippen LogP contribution in [0.3, 0.4) is 0 Å². The molecule has 0 spiro atoms. The molecule has 1 aromatic heterocycles. The number of para-hydroxylation sites is 1. The van der Waals surface area contributed by atoms with Crippen molar-refractivity contribution in [2.75, 3.05) is 5.32 Å². The summed E-state index contributed by atoms with van der Waals surface area (Å²) in [6, 6.07) is 18.0. The number of ether oxygens (including phenoxy) is 1. The Morgan fingerprint density at radius 3 is 2.56 bits per heavy atom. The number of nitrogens with one attached hydrogen (secondary N) is 1. The van der Waals surface area contributed by atoms with Gasteiger partial charge >= 0.3 is 11.7 Å². The van der Waals surface area contributed by atoms with E-state index in [9.17, 15) is 14.7 Å². The van der Waals surface area contributed by atoms with Gasteiger partial charge in [-0.1, -0.05) is 35.9 Å². The van der Waals surface area contributed by atoms with Crippen molar-refractivity contribution < 1.29 is 14.6 Å². The summed E-state index contributed by atoms with van der Waals surface area (Å²) in [6.07, 6.45) is 0. The van der Waals surface area contributed by atoms with Crippen molar-refractivity contribution in [3.63, 3.8) is 0 Å². The second-order valence-electron chi connectivity index (χ2n) is 7.47. The molecule has 4 aromatic rings.